The molecule has 1 amide bonds. The molecule has 37 heavy (non-hydrogen) atoms. The summed E-state index contributed by atoms with van der Waals surface area (Å²) in [4.78, 5) is 22.8. The topological polar surface area (TPSA) is 126 Å². The second kappa shape index (κ2) is 13.8. The molecule has 11 heteroatoms. The zero-order valence-corrected chi connectivity index (χ0v) is 20.8. The van der Waals surface area contributed by atoms with Crippen LogP contribution in [-0.2, 0) is 0 Å². The molecule has 0 saturated carbocycles. The molecule has 0 aliphatic heterocycles. The number of alkyl halides is 1. The summed E-state index contributed by atoms with van der Waals surface area (Å²) >= 11 is 0. The summed E-state index contributed by atoms with van der Waals surface area (Å²) in [6, 6.07) is 10.4. The summed E-state index contributed by atoms with van der Waals surface area (Å²) in [6.07, 6.45) is 3.52. The molecule has 1 aromatic heterocycles. The molecule has 10 nitrogen and oxygen atoms in total. The zero-order valence-electron chi connectivity index (χ0n) is 20.8. The molecule has 0 atom stereocenters. The second-order valence-corrected chi connectivity index (χ2v) is 8.07. The number of halogens is 1. The van der Waals surface area contributed by atoms with Gasteiger partial charge in [0.15, 0.2) is 11.5 Å². The van der Waals surface area contributed by atoms with Gasteiger partial charge in [-0.2, -0.15) is 0 Å². The van der Waals surface area contributed by atoms with Gasteiger partial charge in [0.05, 0.1) is 18.1 Å². The second-order valence-electron chi connectivity index (χ2n) is 8.07. The van der Waals surface area contributed by atoms with E-state index in [0.29, 0.717) is 36.0 Å². The molecule has 0 aliphatic rings. The van der Waals surface area contributed by atoms with Crippen LogP contribution in [0.25, 0.3) is 11.3 Å². The molecule has 0 fully saturated rings. The van der Waals surface area contributed by atoms with Crippen LogP contribution in [0, 0.1) is 10.1 Å². The van der Waals surface area contributed by atoms with Gasteiger partial charge in [0, 0.05) is 36.9 Å². The van der Waals surface area contributed by atoms with Crippen molar-refractivity contribution in [2.45, 2.75) is 39.5 Å². The van der Waals surface area contributed by atoms with E-state index in [1.54, 1.807) is 12.1 Å². The van der Waals surface area contributed by atoms with Gasteiger partial charge < -0.3 is 24.1 Å². The Balaban J connectivity index is 2.06. The van der Waals surface area contributed by atoms with Crippen molar-refractivity contribution in [1.29, 1.82) is 0 Å². The highest BCUT2D eigenvalue weighted by Gasteiger charge is 2.23. The maximum atomic E-state index is 12.5. The molecule has 0 spiro atoms. The molecule has 1 heterocycles. The van der Waals surface area contributed by atoms with E-state index < -0.39 is 17.5 Å². The number of carbonyl (C=O) groups is 1. The first-order valence-corrected chi connectivity index (χ1v) is 12.1. The number of aromatic nitrogens is 1. The van der Waals surface area contributed by atoms with Crippen LogP contribution in [0.5, 0.6) is 23.0 Å². The van der Waals surface area contributed by atoms with Gasteiger partial charge in [-0.3, -0.25) is 14.9 Å². The van der Waals surface area contributed by atoms with E-state index in [1.165, 1.54) is 30.3 Å². The molecular formula is C26H30FN3O7. The third-order valence-corrected chi connectivity index (χ3v) is 5.21. The minimum atomic E-state index is -0.710. The zero-order chi connectivity index (χ0) is 26.6. The first kappa shape index (κ1) is 27.4. The van der Waals surface area contributed by atoms with Gasteiger partial charge in [0.1, 0.15) is 35.2 Å². The summed E-state index contributed by atoms with van der Waals surface area (Å²) < 4.78 is 36.0. The largest absolute Gasteiger partial charge is 0.493 e. The van der Waals surface area contributed by atoms with E-state index in [9.17, 15) is 19.3 Å². The number of hydrogen-bond acceptors (Lipinski definition) is 8. The molecule has 0 unspecified atom stereocenters. The summed E-state index contributed by atoms with van der Waals surface area (Å²) in [5, 5.41) is 17.3. The molecule has 3 aromatic rings. The smallest absolute Gasteiger partial charge is 0.273 e. The average molecular weight is 516 g/mol. The minimum absolute atomic E-state index is 0.0347. The lowest BCUT2D eigenvalue weighted by atomic mass is 10.1. The van der Waals surface area contributed by atoms with Crippen molar-refractivity contribution >= 4 is 11.6 Å². The average Bonchev–Trinajstić information content (AvgIpc) is 3.38. The highest BCUT2D eigenvalue weighted by molar-refractivity contribution is 5.93. The number of nitrogens with one attached hydrogen (secondary N) is 1. The highest BCUT2D eigenvalue weighted by atomic mass is 19.1. The molecule has 2 aromatic carbocycles. The number of amides is 1. The van der Waals surface area contributed by atoms with E-state index in [0.717, 1.165) is 25.7 Å². The Bertz CT molecular complexity index is 1180. The van der Waals surface area contributed by atoms with Gasteiger partial charge in [0.2, 0.25) is 0 Å². The SMILES string of the molecule is CCCCOc1cc(OCCCC)c(-c2cc(C(=O)NCCF)no2)c(Oc2ccc([N+](=O)[O-])cc2)c1. The lowest BCUT2D eigenvalue weighted by molar-refractivity contribution is -0.384. The lowest BCUT2D eigenvalue weighted by Gasteiger charge is -2.17. The molecule has 0 bridgehead atoms. The molecule has 0 saturated heterocycles. The van der Waals surface area contributed by atoms with E-state index in [-0.39, 0.29) is 29.4 Å². The number of nitrogens with zero attached hydrogens (tertiary/aromatic N) is 2. The molecule has 3 rings (SSSR count). The molecular weight excluding hydrogens is 485 g/mol. The maximum absolute atomic E-state index is 12.5. The molecule has 0 radical (unpaired) electrons. The van der Waals surface area contributed by atoms with E-state index in [4.69, 9.17) is 18.7 Å². The summed E-state index contributed by atoms with van der Waals surface area (Å²) in [6.45, 7) is 4.14. The number of rotatable bonds is 15. The summed E-state index contributed by atoms with van der Waals surface area (Å²) in [5.41, 5.74) is 0.272. The predicted molar refractivity (Wildman–Crippen MR) is 134 cm³/mol. The summed E-state index contributed by atoms with van der Waals surface area (Å²) in [7, 11) is 0. The minimum Gasteiger partial charge on any atom is -0.493 e. The molecule has 198 valence electrons. The number of carbonyl (C=O) groups excluding carboxylic acids is 1. The predicted octanol–water partition coefficient (Wildman–Crippen LogP) is 6.10. The fourth-order valence-electron chi connectivity index (χ4n) is 3.26. The number of ether oxygens (including phenoxy) is 3. The van der Waals surface area contributed by atoms with Crippen molar-refractivity contribution < 1.29 is 32.8 Å². The third kappa shape index (κ3) is 7.66. The standard InChI is InChI=1S/C26H30FN3O7/c1-3-5-13-34-20-15-22(35-14-6-4-2)25(24-17-21(29-37-24)26(31)28-12-11-27)23(16-20)36-19-9-7-18(8-10-19)30(32)33/h7-10,15-17H,3-6,11-14H2,1-2H3,(H,28,31). The van der Waals surface area contributed by atoms with Crippen LogP contribution < -0.4 is 19.5 Å². The monoisotopic (exact) mass is 515 g/mol. The van der Waals surface area contributed by atoms with Crippen molar-refractivity contribution in [3.8, 4) is 34.3 Å². The van der Waals surface area contributed by atoms with Gasteiger partial charge in [-0.05, 0) is 25.0 Å². The van der Waals surface area contributed by atoms with Gasteiger partial charge >= 0.3 is 0 Å². The number of benzene rings is 2. The van der Waals surface area contributed by atoms with Gasteiger partial charge in [-0.1, -0.05) is 31.8 Å². The van der Waals surface area contributed by atoms with Crippen LogP contribution in [0.15, 0.2) is 47.0 Å². The Labute approximate surface area is 213 Å². The number of non-ortho nitro benzene ring substituents is 1. The quantitative estimate of drug-likeness (QED) is 0.146. The van der Waals surface area contributed by atoms with Crippen molar-refractivity contribution in [3.05, 3.63) is 58.3 Å². The van der Waals surface area contributed by atoms with E-state index in [1.807, 2.05) is 6.92 Å². The maximum Gasteiger partial charge on any atom is 0.273 e. The van der Waals surface area contributed by atoms with E-state index in [2.05, 4.69) is 17.4 Å². The number of nitro benzene ring substituents is 1. The first-order chi connectivity index (χ1) is 18.0. The van der Waals surface area contributed by atoms with Crippen molar-refractivity contribution in [2.24, 2.45) is 0 Å². The Morgan fingerprint density at radius 1 is 1.03 bits per heavy atom. The van der Waals surface area contributed by atoms with Crippen LogP contribution >= 0.6 is 0 Å². The van der Waals surface area contributed by atoms with Crippen LogP contribution in [0.3, 0.4) is 0 Å². The van der Waals surface area contributed by atoms with Crippen LogP contribution in [0.1, 0.15) is 50.0 Å². The molecule has 0 aliphatic carbocycles. The number of nitro groups is 1. The van der Waals surface area contributed by atoms with Gasteiger partial charge in [0.25, 0.3) is 11.6 Å². The number of hydrogen-bond donors (Lipinski definition) is 1. The van der Waals surface area contributed by atoms with Gasteiger partial charge in [-0.25, -0.2) is 4.39 Å². The van der Waals surface area contributed by atoms with Crippen LogP contribution in [-0.4, -0.2) is 42.4 Å². The Kier molecular flexibility index (Phi) is 10.2. The van der Waals surface area contributed by atoms with Crippen LogP contribution in [0.4, 0.5) is 10.1 Å². The normalized spacial score (nSPS) is 10.7. The van der Waals surface area contributed by atoms with Crippen molar-refractivity contribution in [3.63, 3.8) is 0 Å². The fraction of sp³-hybridized carbons (Fsp3) is 0.385. The Morgan fingerprint density at radius 3 is 2.35 bits per heavy atom. The van der Waals surface area contributed by atoms with Crippen molar-refractivity contribution in [2.75, 3.05) is 26.4 Å². The van der Waals surface area contributed by atoms with E-state index >= 15 is 0 Å². The fourth-order valence-corrected chi connectivity index (χ4v) is 3.26. The summed E-state index contributed by atoms with van der Waals surface area (Å²) in [5.74, 6) is 1.11. The van der Waals surface area contributed by atoms with Gasteiger partial charge in [-0.15, -0.1) is 0 Å². The van der Waals surface area contributed by atoms with Crippen molar-refractivity contribution in [1.82, 2.24) is 10.5 Å². The first-order valence-electron chi connectivity index (χ1n) is 12.1. The molecule has 1 N–H and O–H groups in total. The lowest BCUT2D eigenvalue weighted by Crippen LogP contribution is -2.25. The highest BCUT2D eigenvalue weighted by Crippen LogP contribution is 2.44. The van der Waals surface area contributed by atoms with Crippen LogP contribution in [0.2, 0.25) is 0 Å². The third-order valence-electron chi connectivity index (χ3n) is 5.21. The number of unbranched alkanes of at least 4 members (excludes halogenated alkanes) is 2. The Hall–Kier alpha value is -4.15. The Morgan fingerprint density at radius 2 is 1.70 bits per heavy atom.